The summed E-state index contributed by atoms with van der Waals surface area (Å²) in [6.07, 6.45) is 0. The number of hydrogen-bond donors (Lipinski definition) is 1. The minimum Gasteiger partial charge on any atom is -0.426 e. The Morgan fingerprint density at radius 3 is 2.82 bits per heavy atom. The number of aryl methyl sites for hydroxylation is 1. The van der Waals surface area contributed by atoms with Crippen molar-refractivity contribution in [1.82, 2.24) is 0 Å². The normalized spacial score (nSPS) is 18.3. The van der Waals surface area contributed by atoms with E-state index in [1.165, 1.54) is 18.7 Å². The average Bonchev–Trinajstić information content (AvgIpc) is 2.22. The lowest BCUT2D eigenvalue weighted by Gasteiger charge is -2.22. The molecule has 0 spiro atoms. The van der Waals surface area contributed by atoms with E-state index < -0.39 is 0 Å². The molecule has 1 atom stereocenters. The summed E-state index contributed by atoms with van der Waals surface area (Å²) in [6.45, 7) is 5.09. The van der Waals surface area contributed by atoms with Crippen LogP contribution in [0.2, 0.25) is 0 Å². The monoisotopic (exact) mass is 251 g/mol. The molecule has 0 bridgehead atoms. The maximum Gasteiger partial charge on any atom is 0.308 e. The van der Waals surface area contributed by atoms with Gasteiger partial charge in [0.2, 0.25) is 5.91 Å². The van der Waals surface area contributed by atoms with Gasteiger partial charge in [-0.1, -0.05) is 0 Å². The van der Waals surface area contributed by atoms with Gasteiger partial charge in [0.25, 0.3) is 0 Å². The van der Waals surface area contributed by atoms with Crippen LogP contribution in [-0.2, 0) is 9.59 Å². The van der Waals surface area contributed by atoms with Gasteiger partial charge in [-0.2, -0.15) is 0 Å². The summed E-state index contributed by atoms with van der Waals surface area (Å²) in [4.78, 5) is 23.5. The fourth-order valence-electron chi connectivity index (χ4n) is 1.60. The molecule has 1 unspecified atom stereocenters. The lowest BCUT2D eigenvalue weighted by Crippen LogP contribution is -2.26. The van der Waals surface area contributed by atoms with Crippen molar-refractivity contribution in [1.29, 1.82) is 0 Å². The molecule has 5 heteroatoms. The van der Waals surface area contributed by atoms with Gasteiger partial charge in [0.15, 0.2) is 0 Å². The summed E-state index contributed by atoms with van der Waals surface area (Å²) in [5.41, 5.74) is 1.59. The van der Waals surface area contributed by atoms with E-state index in [4.69, 9.17) is 4.74 Å². The van der Waals surface area contributed by atoms with Gasteiger partial charge >= 0.3 is 5.97 Å². The molecule has 0 saturated carbocycles. The van der Waals surface area contributed by atoms with Crippen LogP contribution in [0, 0.1) is 6.92 Å². The number of fused-ring (bicyclic) bond motifs is 1. The van der Waals surface area contributed by atoms with Crippen LogP contribution < -0.4 is 10.1 Å². The fourth-order valence-corrected chi connectivity index (χ4v) is 2.63. The Labute approximate surface area is 104 Å². The highest BCUT2D eigenvalue weighted by Crippen LogP contribution is 2.39. The first kappa shape index (κ1) is 12.0. The third-order valence-corrected chi connectivity index (χ3v) is 3.62. The SMILES string of the molecule is CC(=O)Oc1cc2c(cc1C)SC(C)C(=O)N2. The van der Waals surface area contributed by atoms with Crippen molar-refractivity contribution in [2.45, 2.75) is 30.9 Å². The first-order chi connectivity index (χ1) is 7.97. The number of carbonyl (C=O) groups excluding carboxylic acids is 2. The van der Waals surface area contributed by atoms with E-state index in [2.05, 4.69) is 5.32 Å². The van der Waals surface area contributed by atoms with Gasteiger partial charge in [-0.3, -0.25) is 9.59 Å². The van der Waals surface area contributed by atoms with E-state index in [9.17, 15) is 9.59 Å². The Morgan fingerprint density at radius 2 is 2.18 bits per heavy atom. The highest BCUT2D eigenvalue weighted by molar-refractivity contribution is 8.00. The maximum atomic E-state index is 11.5. The van der Waals surface area contributed by atoms with Gasteiger partial charge in [-0.15, -0.1) is 11.8 Å². The number of esters is 1. The number of carbonyl (C=O) groups is 2. The fraction of sp³-hybridized carbons (Fsp3) is 0.333. The third-order valence-electron chi connectivity index (χ3n) is 2.46. The average molecular weight is 251 g/mol. The van der Waals surface area contributed by atoms with Gasteiger partial charge in [0, 0.05) is 17.9 Å². The number of hydrogen-bond acceptors (Lipinski definition) is 4. The van der Waals surface area contributed by atoms with Crippen molar-refractivity contribution < 1.29 is 14.3 Å². The third kappa shape index (κ3) is 2.44. The number of anilines is 1. The van der Waals surface area contributed by atoms with E-state index in [1.807, 2.05) is 19.9 Å². The largest absolute Gasteiger partial charge is 0.426 e. The first-order valence-electron chi connectivity index (χ1n) is 5.28. The van der Waals surface area contributed by atoms with Gasteiger partial charge in [0.1, 0.15) is 5.75 Å². The molecule has 1 aliphatic rings. The minimum absolute atomic E-state index is 0.0277. The predicted molar refractivity (Wildman–Crippen MR) is 66.4 cm³/mol. The Balaban J connectivity index is 2.39. The van der Waals surface area contributed by atoms with Crippen LogP contribution in [0.1, 0.15) is 19.4 Å². The second-order valence-corrected chi connectivity index (χ2v) is 5.34. The Hall–Kier alpha value is -1.49. The van der Waals surface area contributed by atoms with Crippen molar-refractivity contribution in [3.8, 4) is 5.75 Å². The lowest BCUT2D eigenvalue weighted by molar-refractivity contribution is -0.131. The summed E-state index contributed by atoms with van der Waals surface area (Å²) >= 11 is 1.51. The summed E-state index contributed by atoms with van der Waals surface area (Å²) in [7, 11) is 0. The van der Waals surface area contributed by atoms with Crippen molar-refractivity contribution in [2.24, 2.45) is 0 Å². The molecule has 0 aromatic heterocycles. The van der Waals surface area contributed by atoms with Crippen LogP contribution in [0.25, 0.3) is 0 Å². The molecule has 90 valence electrons. The molecule has 1 aromatic rings. The lowest BCUT2D eigenvalue weighted by atomic mass is 10.2. The number of thioether (sulfide) groups is 1. The Morgan fingerprint density at radius 1 is 1.47 bits per heavy atom. The molecule has 0 radical (unpaired) electrons. The number of rotatable bonds is 1. The van der Waals surface area contributed by atoms with E-state index in [0.717, 1.165) is 10.5 Å². The molecular formula is C12H13NO3S. The van der Waals surface area contributed by atoms with Crippen LogP contribution in [0.15, 0.2) is 17.0 Å². The van der Waals surface area contributed by atoms with Crippen LogP contribution in [-0.4, -0.2) is 17.1 Å². The van der Waals surface area contributed by atoms with Crippen molar-refractivity contribution in [2.75, 3.05) is 5.32 Å². The quantitative estimate of drug-likeness (QED) is 0.615. The van der Waals surface area contributed by atoms with Gasteiger partial charge in [-0.05, 0) is 25.5 Å². The molecule has 1 N–H and O–H groups in total. The van der Waals surface area contributed by atoms with Crippen LogP contribution >= 0.6 is 11.8 Å². The summed E-state index contributed by atoms with van der Waals surface area (Å²) in [5.74, 6) is 0.100. The highest BCUT2D eigenvalue weighted by Gasteiger charge is 2.24. The molecule has 1 heterocycles. The predicted octanol–water partition coefficient (Wildman–Crippen LogP) is 2.35. The van der Waals surface area contributed by atoms with Gasteiger partial charge < -0.3 is 10.1 Å². The zero-order valence-electron chi connectivity index (χ0n) is 9.87. The van der Waals surface area contributed by atoms with Crippen LogP contribution in [0.5, 0.6) is 5.75 Å². The van der Waals surface area contributed by atoms with Crippen LogP contribution in [0.3, 0.4) is 0 Å². The second-order valence-electron chi connectivity index (χ2n) is 3.96. The van der Waals surface area contributed by atoms with Crippen LogP contribution in [0.4, 0.5) is 5.69 Å². The van der Waals surface area contributed by atoms with E-state index >= 15 is 0 Å². The number of nitrogens with one attached hydrogen (secondary N) is 1. The molecule has 1 aliphatic heterocycles. The molecule has 0 saturated heterocycles. The number of ether oxygens (including phenoxy) is 1. The summed E-state index contributed by atoms with van der Waals surface area (Å²) in [5, 5.41) is 2.70. The van der Waals surface area contributed by atoms with Crippen molar-refractivity contribution in [3.63, 3.8) is 0 Å². The smallest absolute Gasteiger partial charge is 0.308 e. The molecule has 0 fully saturated rings. The number of benzene rings is 1. The van der Waals surface area contributed by atoms with Crippen molar-refractivity contribution in [3.05, 3.63) is 17.7 Å². The molecule has 1 aromatic carbocycles. The summed E-state index contributed by atoms with van der Waals surface area (Å²) in [6, 6.07) is 3.62. The standard InChI is InChI=1S/C12H13NO3S/c1-6-4-11-9(5-10(6)16-8(3)14)13-12(15)7(2)17-11/h4-5,7H,1-3H3,(H,13,15). The Bertz CT molecular complexity index is 499. The molecule has 1 amide bonds. The van der Waals surface area contributed by atoms with E-state index in [0.29, 0.717) is 11.4 Å². The number of amides is 1. The molecule has 0 aliphatic carbocycles. The Kier molecular flexibility index (Phi) is 3.11. The molecule has 2 rings (SSSR count). The van der Waals surface area contributed by atoms with E-state index in [-0.39, 0.29) is 17.1 Å². The molecule has 4 nitrogen and oxygen atoms in total. The van der Waals surface area contributed by atoms with Crippen molar-refractivity contribution >= 4 is 29.3 Å². The summed E-state index contributed by atoms with van der Waals surface area (Å²) < 4.78 is 5.07. The molecule has 17 heavy (non-hydrogen) atoms. The zero-order chi connectivity index (χ0) is 12.6. The zero-order valence-corrected chi connectivity index (χ0v) is 10.7. The topological polar surface area (TPSA) is 55.4 Å². The first-order valence-corrected chi connectivity index (χ1v) is 6.16. The van der Waals surface area contributed by atoms with E-state index in [1.54, 1.807) is 6.07 Å². The highest BCUT2D eigenvalue weighted by atomic mass is 32.2. The van der Waals surface area contributed by atoms with Gasteiger partial charge in [-0.25, -0.2) is 0 Å². The molecular weight excluding hydrogens is 238 g/mol. The maximum absolute atomic E-state index is 11.5. The minimum atomic E-state index is -0.365. The van der Waals surface area contributed by atoms with Gasteiger partial charge in [0.05, 0.1) is 10.9 Å². The second kappa shape index (κ2) is 4.41.